The predicted octanol–water partition coefficient (Wildman–Crippen LogP) is -0.212. The lowest BCUT2D eigenvalue weighted by molar-refractivity contribution is 0.579. The third-order valence-corrected chi connectivity index (χ3v) is 4.04. The Hall–Kier alpha value is -1.84. The van der Waals surface area contributed by atoms with Crippen molar-refractivity contribution < 1.29 is 8.42 Å². The molecule has 0 spiro atoms. The summed E-state index contributed by atoms with van der Waals surface area (Å²) in [4.78, 5) is 0.209. The van der Waals surface area contributed by atoms with Gasteiger partial charge < -0.3 is 5.32 Å². The molecule has 0 fully saturated rings. The van der Waals surface area contributed by atoms with E-state index < -0.39 is 10.0 Å². The van der Waals surface area contributed by atoms with Gasteiger partial charge in [0.05, 0.1) is 11.4 Å². The highest BCUT2D eigenvalue weighted by atomic mass is 32.2. The van der Waals surface area contributed by atoms with Crippen LogP contribution in [0.25, 0.3) is 0 Å². The topological polar surface area (TPSA) is 113 Å². The minimum absolute atomic E-state index is 0.00201. The summed E-state index contributed by atoms with van der Waals surface area (Å²) in [7, 11) is -3.57. The number of nitrogens with zero attached hydrogens (tertiary/aromatic N) is 3. The zero-order chi connectivity index (χ0) is 14.4. The van der Waals surface area contributed by atoms with Crippen LogP contribution in [-0.2, 0) is 23.1 Å². The lowest BCUT2D eigenvalue weighted by Gasteiger charge is -2.06. The van der Waals surface area contributed by atoms with E-state index in [1.807, 2.05) is 6.92 Å². The lowest BCUT2D eigenvalue weighted by atomic mass is 10.2. The molecule has 3 N–H and O–H groups in total. The summed E-state index contributed by atoms with van der Waals surface area (Å²) in [6.45, 7) is 3.60. The third-order valence-electron chi connectivity index (χ3n) is 2.62. The van der Waals surface area contributed by atoms with Crippen LogP contribution in [0.2, 0.25) is 0 Å². The zero-order valence-electron chi connectivity index (χ0n) is 11.0. The first-order valence-electron chi connectivity index (χ1n) is 6.13. The Morgan fingerprint density at radius 1 is 1.20 bits per heavy atom. The Labute approximate surface area is 117 Å². The zero-order valence-corrected chi connectivity index (χ0v) is 11.8. The molecular formula is C11H16N6O2S. The normalized spacial score (nSPS) is 11.7. The highest BCUT2D eigenvalue weighted by molar-refractivity contribution is 7.89. The predicted molar refractivity (Wildman–Crippen MR) is 72.0 cm³/mol. The van der Waals surface area contributed by atoms with E-state index in [-0.39, 0.29) is 17.3 Å². The van der Waals surface area contributed by atoms with E-state index in [1.54, 1.807) is 24.3 Å². The van der Waals surface area contributed by atoms with Crippen LogP contribution >= 0.6 is 0 Å². The highest BCUT2D eigenvalue weighted by Crippen LogP contribution is 2.10. The molecule has 0 bridgehead atoms. The monoisotopic (exact) mass is 296 g/mol. The van der Waals surface area contributed by atoms with E-state index in [9.17, 15) is 8.42 Å². The Morgan fingerprint density at radius 3 is 2.55 bits per heavy atom. The number of hydrogen-bond donors (Lipinski definition) is 3. The van der Waals surface area contributed by atoms with Crippen molar-refractivity contribution in [1.82, 2.24) is 30.7 Å². The summed E-state index contributed by atoms with van der Waals surface area (Å²) >= 11 is 0. The van der Waals surface area contributed by atoms with Gasteiger partial charge in [0.15, 0.2) is 5.82 Å². The summed E-state index contributed by atoms with van der Waals surface area (Å²) in [5.74, 6) is 0.289. The molecule has 0 saturated heterocycles. The fraction of sp³-hybridized carbons (Fsp3) is 0.364. The van der Waals surface area contributed by atoms with E-state index >= 15 is 0 Å². The maximum atomic E-state index is 12.0. The minimum Gasteiger partial charge on any atom is -0.313 e. The first-order valence-corrected chi connectivity index (χ1v) is 7.62. The van der Waals surface area contributed by atoms with Gasteiger partial charge in [0, 0.05) is 6.54 Å². The van der Waals surface area contributed by atoms with E-state index in [4.69, 9.17) is 0 Å². The molecule has 108 valence electrons. The first kappa shape index (κ1) is 14.6. The molecule has 9 heteroatoms. The molecule has 0 amide bonds. The standard InChI is InChI=1S/C11H16N6O2S/c1-2-12-7-9-3-5-10(6-4-9)20(18,19)13-8-11-14-16-17-15-11/h3-6,12-13H,2,7-8H2,1H3,(H,14,15,16,17). The van der Waals surface area contributed by atoms with Gasteiger partial charge >= 0.3 is 0 Å². The SMILES string of the molecule is CCNCc1ccc(S(=O)(=O)NCc2nn[nH]n2)cc1. The number of aromatic amines is 1. The van der Waals surface area contributed by atoms with Crippen LogP contribution in [0, 0.1) is 0 Å². The van der Waals surface area contributed by atoms with E-state index in [0.717, 1.165) is 12.1 Å². The summed E-state index contributed by atoms with van der Waals surface area (Å²) < 4.78 is 26.5. The van der Waals surface area contributed by atoms with Crippen molar-refractivity contribution >= 4 is 10.0 Å². The van der Waals surface area contributed by atoms with Gasteiger partial charge in [-0.1, -0.05) is 24.3 Å². The first-order chi connectivity index (χ1) is 9.62. The average molecular weight is 296 g/mol. The van der Waals surface area contributed by atoms with Crippen LogP contribution in [0.4, 0.5) is 0 Å². The van der Waals surface area contributed by atoms with Crippen LogP contribution in [0.1, 0.15) is 18.3 Å². The Balaban J connectivity index is 2.01. The quantitative estimate of drug-likeness (QED) is 0.651. The number of sulfonamides is 1. The van der Waals surface area contributed by atoms with Gasteiger partial charge in [0.1, 0.15) is 0 Å². The van der Waals surface area contributed by atoms with E-state index in [0.29, 0.717) is 6.54 Å². The van der Waals surface area contributed by atoms with Crippen LogP contribution in [0.3, 0.4) is 0 Å². The van der Waals surface area contributed by atoms with Crippen LogP contribution in [0.5, 0.6) is 0 Å². The summed E-state index contributed by atoms with van der Waals surface area (Å²) in [6, 6.07) is 6.72. The second kappa shape index (κ2) is 6.55. The number of aromatic nitrogens is 4. The van der Waals surface area contributed by atoms with Gasteiger partial charge in [0.25, 0.3) is 0 Å². The summed E-state index contributed by atoms with van der Waals surface area (Å²) in [5, 5.41) is 16.1. The lowest BCUT2D eigenvalue weighted by Crippen LogP contribution is -2.24. The summed E-state index contributed by atoms with van der Waals surface area (Å²) in [6.07, 6.45) is 0. The Kier molecular flexibility index (Phi) is 4.77. The molecule has 2 rings (SSSR count). The Morgan fingerprint density at radius 2 is 1.95 bits per heavy atom. The number of tetrazole rings is 1. The second-order valence-corrected chi connectivity index (χ2v) is 5.84. The van der Waals surface area contributed by atoms with Gasteiger partial charge in [-0.15, -0.1) is 10.2 Å². The molecule has 0 aliphatic rings. The Bertz CT molecular complexity index is 623. The molecule has 0 atom stereocenters. The van der Waals surface area contributed by atoms with Gasteiger partial charge in [-0.2, -0.15) is 5.21 Å². The van der Waals surface area contributed by atoms with Crippen molar-refractivity contribution in [3.05, 3.63) is 35.7 Å². The summed E-state index contributed by atoms with van der Waals surface area (Å²) in [5.41, 5.74) is 1.03. The second-order valence-electron chi connectivity index (χ2n) is 4.08. The highest BCUT2D eigenvalue weighted by Gasteiger charge is 2.14. The van der Waals surface area contributed by atoms with Crippen molar-refractivity contribution in [3.8, 4) is 0 Å². The molecule has 0 aliphatic heterocycles. The fourth-order valence-electron chi connectivity index (χ4n) is 1.56. The third kappa shape index (κ3) is 3.83. The molecule has 0 unspecified atom stereocenters. The average Bonchev–Trinajstić information content (AvgIpc) is 2.97. The number of rotatable bonds is 7. The van der Waals surface area contributed by atoms with Crippen LogP contribution in [0.15, 0.2) is 29.2 Å². The number of hydrogen-bond acceptors (Lipinski definition) is 6. The van der Waals surface area contributed by atoms with Gasteiger partial charge in [-0.25, -0.2) is 13.1 Å². The fourth-order valence-corrected chi connectivity index (χ4v) is 2.54. The molecule has 20 heavy (non-hydrogen) atoms. The minimum atomic E-state index is -3.57. The largest absolute Gasteiger partial charge is 0.313 e. The van der Waals surface area contributed by atoms with Gasteiger partial charge in [-0.05, 0) is 24.2 Å². The number of H-pyrrole nitrogens is 1. The van der Waals surface area contributed by atoms with Crippen LogP contribution in [-0.4, -0.2) is 35.6 Å². The molecular weight excluding hydrogens is 280 g/mol. The molecule has 1 aromatic heterocycles. The van der Waals surface area contributed by atoms with Crippen molar-refractivity contribution in [1.29, 1.82) is 0 Å². The molecule has 0 aliphatic carbocycles. The number of nitrogens with one attached hydrogen (secondary N) is 3. The number of benzene rings is 1. The van der Waals surface area contributed by atoms with Crippen molar-refractivity contribution in [2.24, 2.45) is 0 Å². The maximum absolute atomic E-state index is 12.0. The molecule has 1 aromatic carbocycles. The van der Waals surface area contributed by atoms with Gasteiger partial charge in [0.2, 0.25) is 10.0 Å². The maximum Gasteiger partial charge on any atom is 0.240 e. The van der Waals surface area contributed by atoms with Crippen molar-refractivity contribution in [3.63, 3.8) is 0 Å². The van der Waals surface area contributed by atoms with Gasteiger partial charge in [-0.3, -0.25) is 0 Å². The molecule has 8 nitrogen and oxygen atoms in total. The van der Waals surface area contributed by atoms with E-state index in [2.05, 4.69) is 30.7 Å². The molecule has 0 radical (unpaired) electrons. The van der Waals surface area contributed by atoms with Crippen molar-refractivity contribution in [2.45, 2.75) is 24.9 Å². The smallest absolute Gasteiger partial charge is 0.240 e. The van der Waals surface area contributed by atoms with E-state index in [1.165, 1.54) is 0 Å². The molecule has 1 heterocycles. The molecule has 0 saturated carbocycles. The molecule has 2 aromatic rings. The van der Waals surface area contributed by atoms with Crippen LogP contribution < -0.4 is 10.0 Å². The van der Waals surface area contributed by atoms with Crippen molar-refractivity contribution in [2.75, 3.05) is 6.54 Å².